The van der Waals surface area contributed by atoms with Gasteiger partial charge < -0.3 is 15.8 Å². The predicted molar refractivity (Wildman–Crippen MR) is 77.3 cm³/mol. The van der Waals surface area contributed by atoms with Crippen LogP contribution in [0.2, 0.25) is 0 Å². The van der Waals surface area contributed by atoms with Gasteiger partial charge in [-0.3, -0.25) is 0 Å². The second kappa shape index (κ2) is 7.16. The molecule has 3 N–H and O–H groups in total. The predicted octanol–water partition coefficient (Wildman–Crippen LogP) is 3.24. The van der Waals surface area contributed by atoms with Gasteiger partial charge in [-0.1, -0.05) is 6.07 Å². The van der Waals surface area contributed by atoms with Crippen LogP contribution in [0.4, 0.5) is 22.4 Å². The third-order valence-corrected chi connectivity index (χ3v) is 2.74. The lowest BCUT2D eigenvalue weighted by atomic mass is 10.0. The highest BCUT2D eigenvalue weighted by atomic mass is 19.4. The Morgan fingerprint density at radius 2 is 1.91 bits per heavy atom. The van der Waals surface area contributed by atoms with E-state index in [0.29, 0.717) is 0 Å². The fourth-order valence-corrected chi connectivity index (χ4v) is 1.82. The van der Waals surface area contributed by atoms with Gasteiger partial charge in [0.1, 0.15) is 11.4 Å². The molecular formula is C15H20F4N2O2. The summed E-state index contributed by atoms with van der Waals surface area (Å²) in [6.07, 6.45) is -5.37. The first-order valence-electron chi connectivity index (χ1n) is 6.96. The van der Waals surface area contributed by atoms with Crippen molar-refractivity contribution in [2.45, 2.75) is 45.0 Å². The van der Waals surface area contributed by atoms with Crippen LogP contribution in [-0.2, 0) is 17.3 Å². The van der Waals surface area contributed by atoms with Gasteiger partial charge in [0.15, 0.2) is 0 Å². The van der Waals surface area contributed by atoms with Crippen molar-refractivity contribution in [2.75, 3.05) is 6.54 Å². The molecule has 0 spiro atoms. The molecule has 0 aromatic heterocycles. The number of halogens is 4. The number of hydrogen-bond acceptors (Lipinski definition) is 3. The lowest BCUT2D eigenvalue weighted by molar-refractivity contribution is -0.140. The normalized spacial score (nSPS) is 13.6. The van der Waals surface area contributed by atoms with E-state index in [0.717, 1.165) is 12.1 Å². The van der Waals surface area contributed by atoms with Crippen LogP contribution >= 0.6 is 0 Å². The molecule has 0 radical (unpaired) electrons. The van der Waals surface area contributed by atoms with Gasteiger partial charge in [-0.05, 0) is 44.9 Å². The number of carbonyl (C=O) groups is 1. The van der Waals surface area contributed by atoms with E-state index >= 15 is 0 Å². The molecule has 8 heteroatoms. The molecule has 0 bridgehead atoms. The summed E-state index contributed by atoms with van der Waals surface area (Å²) < 4.78 is 56.1. The van der Waals surface area contributed by atoms with Gasteiger partial charge in [-0.2, -0.15) is 13.2 Å². The largest absolute Gasteiger partial charge is 0.444 e. The Morgan fingerprint density at radius 1 is 1.30 bits per heavy atom. The molecule has 1 amide bonds. The standard InChI is InChI=1S/C15H20F4N2O2/c1-14(2,3)23-13(22)21-8-10(20)6-9-4-5-12(16)11(7-9)15(17,18)19/h4-5,7,10H,6,8,20H2,1-3H3,(H,21,22). The lowest BCUT2D eigenvalue weighted by Gasteiger charge is -2.21. The van der Waals surface area contributed by atoms with Crippen LogP contribution in [-0.4, -0.2) is 24.3 Å². The van der Waals surface area contributed by atoms with Crippen LogP contribution in [0.25, 0.3) is 0 Å². The van der Waals surface area contributed by atoms with Gasteiger partial charge in [0.2, 0.25) is 0 Å². The van der Waals surface area contributed by atoms with Crippen LogP contribution in [0, 0.1) is 5.82 Å². The lowest BCUT2D eigenvalue weighted by Crippen LogP contribution is -2.41. The quantitative estimate of drug-likeness (QED) is 0.830. The Balaban J connectivity index is 2.61. The molecule has 0 saturated carbocycles. The van der Waals surface area contributed by atoms with Crippen molar-refractivity contribution < 1.29 is 27.1 Å². The molecule has 0 aliphatic rings. The van der Waals surface area contributed by atoms with Gasteiger partial charge in [0.05, 0.1) is 5.56 Å². The third-order valence-electron chi connectivity index (χ3n) is 2.74. The zero-order valence-electron chi connectivity index (χ0n) is 13.1. The zero-order chi connectivity index (χ0) is 17.8. The fraction of sp³-hybridized carbons (Fsp3) is 0.533. The molecule has 1 aromatic carbocycles. The molecule has 1 atom stereocenters. The van der Waals surface area contributed by atoms with E-state index in [2.05, 4.69) is 5.32 Å². The second-order valence-electron chi connectivity index (χ2n) is 6.16. The summed E-state index contributed by atoms with van der Waals surface area (Å²) in [5.41, 5.74) is 4.01. The number of alkyl carbamates (subject to hydrolysis) is 1. The van der Waals surface area contributed by atoms with Crippen molar-refractivity contribution in [3.05, 3.63) is 35.1 Å². The summed E-state index contributed by atoms with van der Waals surface area (Å²) in [6, 6.07) is 2.08. The minimum atomic E-state index is -4.76. The summed E-state index contributed by atoms with van der Waals surface area (Å²) >= 11 is 0. The maximum atomic E-state index is 13.2. The topological polar surface area (TPSA) is 64.3 Å². The third kappa shape index (κ3) is 6.85. The minimum absolute atomic E-state index is 0.0215. The molecule has 1 unspecified atom stereocenters. The summed E-state index contributed by atoms with van der Waals surface area (Å²) in [4.78, 5) is 11.5. The Kier molecular flexibility index (Phi) is 5.98. The van der Waals surface area contributed by atoms with E-state index in [1.807, 2.05) is 0 Å². The zero-order valence-corrected chi connectivity index (χ0v) is 13.1. The Bertz CT molecular complexity index is 553. The van der Waals surface area contributed by atoms with E-state index in [-0.39, 0.29) is 18.5 Å². The average molecular weight is 336 g/mol. The first-order chi connectivity index (χ1) is 10.4. The van der Waals surface area contributed by atoms with E-state index in [9.17, 15) is 22.4 Å². The Morgan fingerprint density at radius 3 is 2.43 bits per heavy atom. The molecule has 0 fully saturated rings. The second-order valence-corrected chi connectivity index (χ2v) is 6.16. The van der Waals surface area contributed by atoms with Crippen molar-refractivity contribution in [2.24, 2.45) is 5.73 Å². The van der Waals surface area contributed by atoms with Crippen molar-refractivity contribution in [3.63, 3.8) is 0 Å². The van der Waals surface area contributed by atoms with Gasteiger partial charge in [-0.15, -0.1) is 0 Å². The summed E-state index contributed by atoms with van der Waals surface area (Å²) in [5.74, 6) is -1.33. The number of carbonyl (C=O) groups excluding carboxylic acids is 1. The van der Waals surface area contributed by atoms with E-state index in [4.69, 9.17) is 10.5 Å². The Labute approximate surface area is 132 Å². The number of amides is 1. The van der Waals surface area contributed by atoms with Crippen molar-refractivity contribution in [3.8, 4) is 0 Å². The highest BCUT2D eigenvalue weighted by molar-refractivity contribution is 5.67. The monoisotopic (exact) mass is 336 g/mol. The Hall–Kier alpha value is -1.83. The van der Waals surface area contributed by atoms with Gasteiger partial charge in [-0.25, -0.2) is 9.18 Å². The molecule has 0 aliphatic carbocycles. The molecule has 0 saturated heterocycles. The van der Waals surface area contributed by atoms with Gasteiger partial charge in [0, 0.05) is 12.6 Å². The van der Waals surface area contributed by atoms with Gasteiger partial charge in [0.25, 0.3) is 0 Å². The smallest absolute Gasteiger partial charge is 0.419 e. The van der Waals surface area contributed by atoms with Crippen molar-refractivity contribution in [1.82, 2.24) is 5.32 Å². The number of ether oxygens (including phenoxy) is 1. The number of alkyl halides is 3. The molecular weight excluding hydrogens is 316 g/mol. The van der Waals surface area contributed by atoms with Crippen LogP contribution in [0.1, 0.15) is 31.9 Å². The van der Waals surface area contributed by atoms with Gasteiger partial charge >= 0.3 is 12.3 Å². The molecule has 1 aromatic rings. The first-order valence-corrected chi connectivity index (χ1v) is 6.96. The molecule has 0 aliphatic heterocycles. The first kappa shape index (κ1) is 19.2. The summed E-state index contributed by atoms with van der Waals surface area (Å²) in [7, 11) is 0. The molecule has 23 heavy (non-hydrogen) atoms. The number of nitrogens with two attached hydrogens (primary N) is 1. The maximum Gasteiger partial charge on any atom is 0.419 e. The fourth-order valence-electron chi connectivity index (χ4n) is 1.82. The molecule has 130 valence electrons. The SMILES string of the molecule is CC(C)(C)OC(=O)NCC(N)Cc1ccc(F)c(C(F)(F)F)c1. The molecule has 0 heterocycles. The van der Waals surface area contributed by atoms with Crippen LogP contribution < -0.4 is 11.1 Å². The number of nitrogens with one attached hydrogen (secondary N) is 1. The highest BCUT2D eigenvalue weighted by Crippen LogP contribution is 2.32. The number of benzene rings is 1. The summed E-state index contributed by atoms with van der Waals surface area (Å²) in [6.45, 7) is 5.12. The molecule has 1 rings (SSSR count). The average Bonchev–Trinajstić information content (AvgIpc) is 2.35. The highest BCUT2D eigenvalue weighted by Gasteiger charge is 2.34. The van der Waals surface area contributed by atoms with E-state index in [1.165, 1.54) is 6.07 Å². The van der Waals surface area contributed by atoms with E-state index < -0.39 is 35.3 Å². The van der Waals surface area contributed by atoms with Crippen molar-refractivity contribution in [1.29, 1.82) is 0 Å². The number of rotatable bonds is 4. The number of hydrogen-bond donors (Lipinski definition) is 2. The van der Waals surface area contributed by atoms with Crippen LogP contribution in [0.15, 0.2) is 18.2 Å². The summed E-state index contributed by atoms with van der Waals surface area (Å²) in [5, 5.41) is 2.43. The van der Waals surface area contributed by atoms with Crippen molar-refractivity contribution >= 4 is 6.09 Å². The molecule has 4 nitrogen and oxygen atoms in total. The minimum Gasteiger partial charge on any atom is -0.444 e. The van der Waals surface area contributed by atoms with E-state index in [1.54, 1.807) is 20.8 Å². The van der Waals surface area contributed by atoms with Crippen LogP contribution in [0.3, 0.4) is 0 Å². The maximum absolute atomic E-state index is 13.2. The van der Waals surface area contributed by atoms with Crippen LogP contribution in [0.5, 0.6) is 0 Å².